The number of benzene rings is 2. The van der Waals surface area contributed by atoms with Crippen LogP contribution in [0.4, 0.5) is 5.95 Å². The molecule has 1 atom stereocenters. The lowest BCUT2D eigenvalue weighted by molar-refractivity contribution is 0.0927. The predicted molar refractivity (Wildman–Crippen MR) is 189 cm³/mol. The number of nitrogens with zero attached hydrogens (tertiary/aromatic N) is 7. The summed E-state index contributed by atoms with van der Waals surface area (Å²) in [5.74, 6) is 1.80. The fourth-order valence-electron chi connectivity index (χ4n) is 7.04. The highest BCUT2D eigenvalue weighted by Gasteiger charge is 2.33. The molecule has 0 bridgehead atoms. The quantitative estimate of drug-likeness (QED) is 0.171. The van der Waals surface area contributed by atoms with E-state index in [4.69, 9.17) is 40.5 Å². The van der Waals surface area contributed by atoms with E-state index in [1.807, 2.05) is 48.5 Å². The van der Waals surface area contributed by atoms with Crippen LogP contribution in [0, 0.1) is 11.8 Å². The molecule has 1 aliphatic carbocycles. The number of fused-ring (bicyclic) bond motifs is 1. The van der Waals surface area contributed by atoms with Gasteiger partial charge >= 0.3 is 5.76 Å². The van der Waals surface area contributed by atoms with Crippen molar-refractivity contribution < 1.29 is 14.0 Å². The summed E-state index contributed by atoms with van der Waals surface area (Å²) in [6.07, 6.45) is 6.15. The SMILES string of the molecule is CC1CCC(Cn2c(N3CCOCC3c3ccccc3)nc3nc(-c4noc(=O)[nH]4)nc(-c4cc(Cl)cnc4OCc4ccccc4)c32)CC1. The van der Waals surface area contributed by atoms with Crippen LogP contribution >= 0.6 is 11.6 Å². The number of morpholine rings is 1. The second kappa shape index (κ2) is 14.0. The molecule has 1 saturated heterocycles. The third kappa shape index (κ3) is 6.60. The van der Waals surface area contributed by atoms with Gasteiger partial charge in [-0.05, 0) is 41.9 Å². The zero-order valence-corrected chi connectivity index (χ0v) is 28.4. The van der Waals surface area contributed by atoms with Gasteiger partial charge in [-0.1, -0.05) is 97.2 Å². The number of aromatic nitrogens is 7. The number of pyridine rings is 1. The monoisotopic (exact) mass is 692 g/mol. The number of nitrogens with one attached hydrogen (secondary N) is 1. The Hall–Kier alpha value is -5.07. The van der Waals surface area contributed by atoms with Crippen LogP contribution in [0.1, 0.15) is 49.8 Å². The number of hydrogen-bond donors (Lipinski definition) is 1. The van der Waals surface area contributed by atoms with Crippen molar-refractivity contribution in [3.05, 3.63) is 99.6 Å². The molecular formula is C37H37ClN8O4. The minimum absolute atomic E-state index is 0.0627. The van der Waals surface area contributed by atoms with E-state index in [-0.39, 0.29) is 24.3 Å². The fraction of sp³-hybridized carbons (Fsp3) is 0.351. The first-order valence-electron chi connectivity index (χ1n) is 17.1. The van der Waals surface area contributed by atoms with E-state index in [0.717, 1.165) is 42.0 Å². The average Bonchev–Trinajstić information content (AvgIpc) is 3.75. The third-order valence-electron chi connectivity index (χ3n) is 9.67. The molecule has 6 aromatic rings. The van der Waals surface area contributed by atoms with Crippen LogP contribution in [-0.4, -0.2) is 54.4 Å². The average molecular weight is 693 g/mol. The van der Waals surface area contributed by atoms with Crippen molar-refractivity contribution in [2.75, 3.05) is 24.7 Å². The summed E-state index contributed by atoms with van der Waals surface area (Å²) in [7, 11) is 0. The van der Waals surface area contributed by atoms with Crippen molar-refractivity contribution >= 4 is 28.7 Å². The largest absolute Gasteiger partial charge is 0.472 e. The zero-order valence-electron chi connectivity index (χ0n) is 27.7. The highest BCUT2D eigenvalue weighted by atomic mass is 35.5. The van der Waals surface area contributed by atoms with Gasteiger partial charge < -0.3 is 18.9 Å². The molecule has 1 aliphatic heterocycles. The standard InChI is InChI=1S/C37H37ClN8O4/c1-23-12-14-24(15-13-23)20-46-31-30(28-18-27(38)19-39-35(28)49-21-25-8-4-2-5-9-25)40-33(34-43-37(47)50-44-34)41-32(31)42-36(46)45-16-17-48-22-29(45)26-10-6-3-7-11-26/h2-11,18-19,23-24,29H,12-17,20-22H2,1H3,(H,43,44,47). The van der Waals surface area contributed by atoms with Crippen LogP contribution in [0.2, 0.25) is 5.02 Å². The van der Waals surface area contributed by atoms with E-state index in [9.17, 15) is 4.79 Å². The molecule has 12 nitrogen and oxygen atoms in total. The summed E-state index contributed by atoms with van der Waals surface area (Å²) in [5.41, 5.74) is 4.38. The van der Waals surface area contributed by atoms with Gasteiger partial charge in [0.05, 0.1) is 29.8 Å². The van der Waals surface area contributed by atoms with Crippen molar-refractivity contribution in [2.45, 2.75) is 51.8 Å². The topological polar surface area (TPSA) is 137 Å². The first kappa shape index (κ1) is 32.2. The summed E-state index contributed by atoms with van der Waals surface area (Å²) < 4.78 is 19.5. The molecule has 2 aliphatic rings. The molecule has 5 heterocycles. The lowest BCUT2D eigenvalue weighted by atomic mass is 9.83. The number of anilines is 1. The number of halogens is 1. The number of H-pyrrole nitrogens is 1. The molecule has 4 aromatic heterocycles. The Balaban J connectivity index is 1.34. The van der Waals surface area contributed by atoms with E-state index in [2.05, 4.69) is 43.6 Å². The second-order valence-electron chi connectivity index (χ2n) is 13.1. The normalized spacial score (nSPS) is 19.6. The Labute approximate surface area is 293 Å². The first-order chi connectivity index (χ1) is 24.5. The lowest BCUT2D eigenvalue weighted by Gasteiger charge is -2.37. The zero-order chi connectivity index (χ0) is 34.0. The number of ether oxygens (including phenoxy) is 2. The maximum absolute atomic E-state index is 12.1. The fourth-order valence-corrected chi connectivity index (χ4v) is 7.20. The first-order valence-corrected chi connectivity index (χ1v) is 17.4. The Kier molecular flexibility index (Phi) is 9.03. The second-order valence-corrected chi connectivity index (χ2v) is 13.6. The summed E-state index contributed by atoms with van der Waals surface area (Å²) in [6, 6.07) is 22.0. The summed E-state index contributed by atoms with van der Waals surface area (Å²) in [5, 5.41) is 4.33. The van der Waals surface area contributed by atoms with Crippen molar-refractivity contribution in [1.29, 1.82) is 0 Å². The lowest BCUT2D eigenvalue weighted by Crippen LogP contribution is -2.41. The van der Waals surface area contributed by atoms with Crippen molar-refractivity contribution in [2.24, 2.45) is 11.8 Å². The van der Waals surface area contributed by atoms with Crippen LogP contribution in [0.25, 0.3) is 34.1 Å². The van der Waals surface area contributed by atoms with Crippen LogP contribution in [-0.2, 0) is 17.9 Å². The van der Waals surface area contributed by atoms with Gasteiger partial charge in [-0.15, -0.1) is 0 Å². The molecule has 0 amide bonds. The molecule has 1 saturated carbocycles. The van der Waals surface area contributed by atoms with Crippen molar-refractivity contribution in [3.63, 3.8) is 0 Å². The van der Waals surface area contributed by atoms with E-state index in [1.165, 1.54) is 12.8 Å². The van der Waals surface area contributed by atoms with E-state index < -0.39 is 5.76 Å². The maximum atomic E-state index is 12.1. The van der Waals surface area contributed by atoms with Gasteiger partial charge in [-0.2, -0.15) is 4.98 Å². The minimum atomic E-state index is -0.710. The van der Waals surface area contributed by atoms with Crippen LogP contribution < -0.4 is 15.4 Å². The molecule has 50 heavy (non-hydrogen) atoms. The van der Waals surface area contributed by atoms with Crippen LogP contribution in [0.15, 0.2) is 82.2 Å². The Morgan fingerprint density at radius 2 is 1.78 bits per heavy atom. The number of hydrogen-bond acceptors (Lipinski definition) is 10. The molecule has 2 aromatic carbocycles. The highest BCUT2D eigenvalue weighted by Crippen LogP contribution is 2.40. The molecule has 0 radical (unpaired) electrons. The smallest absolute Gasteiger partial charge is 0.439 e. The summed E-state index contributed by atoms with van der Waals surface area (Å²) >= 11 is 6.64. The molecule has 256 valence electrons. The molecule has 2 fully saturated rings. The Morgan fingerprint density at radius 1 is 1.00 bits per heavy atom. The number of imidazole rings is 1. The van der Waals surface area contributed by atoms with Gasteiger partial charge in [0.15, 0.2) is 5.65 Å². The molecule has 1 unspecified atom stereocenters. The minimum Gasteiger partial charge on any atom is -0.472 e. The Bertz CT molecular complexity index is 2140. The summed E-state index contributed by atoms with van der Waals surface area (Å²) in [6.45, 7) is 5.07. The van der Waals surface area contributed by atoms with E-state index >= 15 is 0 Å². The van der Waals surface area contributed by atoms with Crippen LogP contribution in [0.3, 0.4) is 0 Å². The van der Waals surface area contributed by atoms with E-state index in [1.54, 1.807) is 12.3 Å². The number of rotatable bonds is 9. The highest BCUT2D eigenvalue weighted by molar-refractivity contribution is 6.30. The molecule has 13 heteroatoms. The van der Waals surface area contributed by atoms with E-state index in [0.29, 0.717) is 59.4 Å². The van der Waals surface area contributed by atoms with Gasteiger partial charge in [0.2, 0.25) is 23.5 Å². The molecular weight excluding hydrogens is 656 g/mol. The molecule has 1 N–H and O–H groups in total. The number of aromatic amines is 1. The van der Waals surface area contributed by atoms with Gasteiger partial charge in [0, 0.05) is 19.3 Å². The van der Waals surface area contributed by atoms with Gasteiger partial charge in [0.25, 0.3) is 0 Å². The van der Waals surface area contributed by atoms with Gasteiger partial charge in [-0.25, -0.2) is 19.7 Å². The van der Waals surface area contributed by atoms with Gasteiger partial charge in [-0.3, -0.25) is 9.51 Å². The Morgan fingerprint density at radius 3 is 2.54 bits per heavy atom. The maximum Gasteiger partial charge on any atom is 0.439 e. The third-order valence-corrected chi connectivity index (χ3v) is 9.88. The molecule has 0 spiro atoms. The molecule has 8 rings (SSSR count). The van der Waals surface area contributed by atoms with Gasteiger partial charge in [0.1, 0.15) is 17.8 Å². The van der Waals surface area contributed by atoms with Crippen molar-refractivity contribution in [1.82, 2.24) is 34.6 Å². The van der Waals surface area contributed by atoms with Crippen molar-refractivity contribution in [3.8, 4) is 28.8 Å². The predicted octanol–water partition coefficient (Wildman–Crippen LogP) is 6.87. The van der Waals surface area contributed by atoms with Crippen LogP contribution in [0.5, 0.6) is 5.88 Å². The summed E-state index contributed by atoms with van der Waals surface area (Å²) in [4.78, 5) is 36.8.